The minimum Gasteiger partial charge on any atom is -0.457 e. The normalized spacial score (nSPS) is 20.2. The summed E-state index contributed by atoms with van der Waals surface area (Å²) in [7, 11) is 0. The van der Waals surface area contributed by atoms with E-state index in [9.17, 15) is 0 Å². The van der Waals surface area contributed by atoms with Gasteiger partial charge in [-0.05, 0) is 13.8 Å². The number of hydrogen-bond donors (Lipinski definition) is 0. The molecule has 0 aromatic rings. The van der Waals surface area contributed by atoms with Crippen molar-refractivity contribution >= 4 is 0 Å². The summed E-state index contributed by atoms with van der Waals surface area (Å²) in [6.45, 7) is 8.20. The highest BCUT2D eigenvalue weighted by molar-refractivity contribution is 4.95. The average Bonchev–Trinajstić information content (AvgIpc) is 2.26. The van der Waals surface area contributed by atoms with Crippen molar-refractivity contribution in [3.8, 4) is 0 Å². The molecule has 0 aliphatic carbocycles. The van der Waals surface area contributed by atoms with E-state index in [0.29, 0.717) is 6.61 Å². The van der Waals surface area contributed by atoms with Gasteiger partial charge in [-0.1, -0.05) is 0 Å². The van der Waals surface area contributed by atoms with Crippen LogP contribution in [0.5, 0.6) is 0 Å². The summed E-state index contributed by atoms with van der Waals surface area (Å²) in [6, 6.07) is 0. The van der Waals surface area contributed by atoms with E-state index in [1.807, 2.05) is 27.7 Å². The first kappa shape index (κ1) is 9.39. The zero-order valence-corrected chi connectivity index (χ0v) is 8.09. The van der Waals surface area contributed by atoms with Crippen molar-refractivity contribution in [2.45, 2.75) is 39.6 Å². The van der Waals surface area contributed by atoms with E-state index in [2.05, 4.69) is 0 Å². The van der Waals surface area contributed by atoms with Crippen LogP contribution in [-0.2, 0) is 14.2 Å². The van der Waals surface area contributed by atoms with Crippen LogP contribution < -0.4 is 0 Å². The van der Waals surface area contributed by atoms with Gasteiger partial charge in [-0.2, -0.15) is 0 Å². The van der Waals surface area contributed by atoms with Crippen LogP contribution in [0.1, 0.15) is 27.7 Å². The van der Waals surface area contributed by atoms with Crippen molar-refractivity contribution in [3.63, 3.8) is 0 Å². The Kier molecular flexibility index (Phi) is 2.62. The molecule has 0 saturated heterocycles. The number of hydrogen-bond acceptors (Lipinski definition) is 3. The molecule has 0 N–H and O–H groups in total. The molecule has 0 aromatic carbocycles. The lowest BCUT2D eigenvalue weighted by Crippen LogP contribution is -2.21. The largest absolute Gasteiger partial charge is 0.457 e. The van der Waals surface area contributed by atoms with Crippen LogP contribution in [0.15, 0.2) is 12.0 Å². The molecule has 0 saturated carbocycles. The van der Waals surface area contributed by atoms with E-state index in [1.54, 1.807) is 6.26 Å². The predicted octanol–water partition coefficient (Wildman–Crippen LogP) is 2.04. The van der Waals surface area contributed by atoms with Crippen LogP contribution in [0, 0.1) is 0 Å². The van der Waals surface area contributed by atoms with Gasteiger partial charge in [0.05, 0.1) is 6.10 Å². The highest BCUT2D eigenvalue weighted by Crippen LogP contribution is 2.24. The highest BCUT2D eigenvalue weighted by atomic mass is 16.7. The molecular weight excluding hydrogens is 156 g/mol. The Morgan fingerprint density at radius 2 is 2.17 bits per heavy atom. The molecule has 0 atom stereocenters. The van der Waals surface area contributed by atoms with E-state index in [0.717, 1.165) is 5.76 Å². The maximum absolute atomic E-state index is 5.41. The molecule has 0 amide bonds. The molecule has 0 fully saturated rings. The molecule has 1 aliphatic rings. The summed E-state index contributed by atoms with van der Waals surface area (Å²) >= 11 is 0. The standard InChI is InChI=1S/C9H16O3/c1-7(2)10-5-8-6-11-9(3,4)12-8/h6-7H,5H2,1-4H3. The minimum absolute atomic E-state index is 0.221. The molecule has 3 heteroatoms. The molecule has 1 rings (SSSR count). The van der Waals surface area contributed by atoms with Crippen LogP contribution in [0.4, 0.5) is 0 Å². The van der Waals surface area contributed by atoms with Crippen molar-refractivity contribution in [1.29, 1.82) is 0 Å². The van der Waals surface area contributed by atoms with Gasteiger partial charge in [0.15, 0.2) is 5.76 Å². The van der Waals surface area contributed by atoms with Crippen molar-refractivity contribution in [2.75, 3.05) is 6.61 Å². The summed E-state index contributed by atoms with van der Waals surface area (Å²) in [5, 5.41) is 0. The van der Waals surface area contributed by atoms with Crippen molar-refractivity contribution in [2.24, 2.45) is 0 Å². The van der Waals surface area contributed by atoms with Gasteiger partial charge in [0.1, 0.15) is 12.9 Å². The van der Waals surface area contributed by atoms with Crippen LogP contribution in [0.2, 0.25) is 0 Å². The van der Waals surface area contributed by atoms with Crippen molar-refractivity contribution in [3.05, 3.63) is 12.0 Å². The van der Waals surface area contributed by atoms with Crippen LogP contribution in [0.3, 0.4) is 0 Å². The van der Waals surface area contributed by atoms with Gasteiger partial charge >= 0.3 is 0 Å². The fraction of sp³-hybridized carbons (Fsp3) is 0.778. The summed E-state index contributed by atoms with van der Waals surface area (Å²) < 4.78 is 16.0. The van der Waals surface area contributed by atoms with E-state index < -0.39 is 5.79 Å². The third-order valence-corrected chi connectivity index (χ3v) is 1.41. The first-order valence-electron chi connectivity index (χ1n) is 4.17. The van der Waals surface area contributed by atoms with Crippen molar-refractivity contribution in [1.82, 2.24) is 0 Å². The maximum atomic E-state index is 5.41. The van der Waals surface area contributed by atoms with Crippen molar-refractivity contribution < 1.29 is 14.2 Å². The van der Waals surface area contributed by atoms with Crippen LogP contribution in [-0.4, -0.2) is 18.5 Å². The van der Waals surface area contributed by atoms with Gasteiger partial charge in [-0.3, -0.25) is 0 Å². The topological polar surface area (TPSA) is 27.7 Å². The second kappa shape index (κ2) is 3.35. The first-order chi connectivity index (χ1) is 5.49. The molecule has 0 radical (unpaired) electrons. The predicted molar refractivity (Wildman–Crippen MR) is 45.4 cm³/mol. The molecule has 0 unspecified atom stereocenters. The Bertz CT molecular complexity index is 182. The Balaban J connectivity index is 2.28. The molecule has 3 nitrogen and oxygen atoms in total. The lowest BCUT2D eigenvalue weighted by molar-refractivity contribution is -0.122. The molecule has 0 aromatic heterocycles. The molecule has 70 valence electrons. The van der Waals surface area contributed by atoms with Gasteiger partial charge in [-0.25, -0.2) is 0 Å². The zero-order chi connectivity index (χ0) is 9.19. The van der Waals surface area contributed by atoms with E-state index in [1.165, 1.54) is 0 Å². The Labute approximate surface area is 73.3 Å². The Hall–Kier alpha value is -0.700. The first-order valence-corrected chi connectivity index (χ1v) is 4.17. The smallest absolute Gasteiger partial charge is 0.244 e. The zero-order valence-electron chi connectivity index (χ0n) is 8.09. The Morgan fingerprint density at radius 1 is 1.50 bits per heavy atom. The Morgan fingerprint density at radius 3 is 2.58 bits per heavy atom. The third kappa shape index (κ3) is 2.74. The second-order valence-corrected chi connectivity index (χ2v) is 3.56. The van der Waals surface area contributed by atoms with Crippen LogP contribution >= 0.6 is 0 Å². The van der Waals surface area contributed by atoms with E-state index >= 15 is 0 Å². The monoisotopic (exact) mass is 172 g/mol. The summed E-state index contributed by atoms with van der Waals surface area (Å²) in [4.78, 5) is 0. The lowest BCUT2D eigenvalue weighted by Gasteiger charge is -2.18. The molecule has 1 heterocycles. The average molecular weight is 172 g/mol. The summed E-state index contributed by atoms with van der Waals surface area (Å²) in [5.74, 6) is 0.240. The summed E-state index contributed by atoms with van der Waals surface area (Å²) in [6.07, 6.45) is 1.83. The molecule has 12 heavy (non-hydrogen) atoms. The lowest BCUT2D eigenvalue weighted by atomic mass is 10.4. The number of ether oxygens (including phenoxy) is 3. The number of rotatable bonds is 3. The fourth-order valence-electron chi connectivity index (χ4n) is 0.884. The van der Waals surface area contributed by atoms with Crippen LogP contribution in [0.25, 0.3) is 0 Å². The van der Waals surface area contributed by atoms with Gasteiger partial charge in [0.2, 0.25) is 5.79 Å². The summed E-state index contributed by atoms with van der Waals surface area (Å²) in [5.41, 5.74) is 0. The maximum Gasteiger partial charge on any atom is 0.244 e. The van der Waals surface area contributed by atoms with Gasteiger partial charge in [-0.15, -0.1) is 0 Å². The van der Waals surface area contributed by atoms with E-state index in [4.69, 9.17) is 14.2 Å². The molecule has 1 aliphatic heterocycles. The van der Waals surface area contributed by atoms with E-state index in [-0.39, 0.29) is 6.10 Å². The SMILES string of the molecule is CC(C)OCC1=COC(C)(C)O1. The fourth-order valence-corrected chi connectivity index (χ4v) is 0.884. The minimum atomic E-state index is -0.518. The quantitative estimate of drug-likeness (QED) is 0.652. The second-order valence-electron chi connectivity index (χ2n) is 3.56. The third-order valence-electron chi connectivity index (χ3n) is 1.41. The molecule has 0 spiro atoms. The highest BCUT2D eigenvalue weighted by Gasteiger charge is 2.27. The van der Waals surface area contributed by atoms with Gasteiger partial charge in [0, 0.05) is 13.8 Å². The molecule has 0 bridgehead atoms. The van der Waals surface area contributed by atoms with Gasteiger partial charge < -0.3 is 14.2 Å². The van der Waals surface area contributed by atoms with Gasteiger partial charge in [0.25, 0.3) is 0 Å². The molecular formula is C9H16O3.